The van der Waals surface area contributed by atoms with Gasteiger partial charge in [-0.2, -0.15) is 0 Å². The minimum absolute atomic E-state index is 0.216. The third kappa shape index (κ3) is 2.25. The van der Waals surface area contributed by atoms with Gasteiger partial charge in [0.25, 0.3) is 0 Å². The number of halogens is 1. The van der Waals surface area contributed by atoms with E-state index in [9.17, 15) is 9.18 Å². The maximum atomic E-state index is 12.9. The molecule has 4 nitrogen and oxygen atoms in total. The van der Waals surface area contributed by atoms with Crippen LogP contribution < -0.4 is 0 Å². The highest BCUT2D eigenvalue weighted by Crippen LogP contribution is 2.11. The Morgan fingerprint density at radius 1 is 1.44 bits per heavy atom. The van der Waals surface area contributed by atoms with Gasteiger partial charge in [0.1, 0.15) is 5.82 Å². The number of carbonyl (C=O) groups is 1. The molecule has 82 valence electrons. The average Bonchev–Trinajstić information content (AvgIpc) is 2.66. The molecule has 0 saturated carbocycles. The summed E-state index contributed by atoms with van der Waals surface area (Å²) in [5, 5.41) is 12.2. The van der Waals surface area contributed by atoms with Crippen LogP contribution in [0.2, 0.25) is 0 Å². The van der Waals surface area contributed by atoms with Crippen molar-refractivity contribution in [3.8, 4) is 0 Å². The lowest BCUT2D eigenvalue weighted by Gasteiger charge is -1.96. The summed E-state index contributed by atoms with van der Waals surface area (Å²) >= 11 is 0. The first-order chi connectivity index (χ1) is 7.65. The summed E-state index contributed by atoms with van der Waals surface area (Å²) in [4.78, 5) is 10.5. The molecule has 0 fully saturated rings. The largest absolute Gasteiger partial charge is 0.475 e. The van der Waals surface area contributed by atoms with E-state index in [1.807, 2.05) is 0 Å². The molecule has 5 heteroatoms. The van der Waals surface area contributed by atoms with E-state index in [-0.39, 0.29) is 11.6 Å². The van der Waals surface area contributed by atoms with Gasteiger partial charge in [0.05, 0.1) is 5.69 Å². The zero-order chi connectivity index (χ0) is 11.5. The monoisotopic (exact) mass is 221 g/mol. The fourth-order valence-electron chi connectivity index (χ4n) is 1.35. The normalized spacial score (nSPS) is 10.3. The Kier molecular flexibility index (Phi) is 2.68. The molecule has 1 heterocycles. The van der Waals surface area contributed by atoms with Crippen LogP contribution in [-0.2, 0) is 6.42 Å². The number of rotatable bonds is 3. The Labute approximate surface area is 90.3 Å². The third-order valence-corrected chi connectivity index (χ3v) is 2.04. The summed E-state index contributed by atoms with van der Waals surface area (Å²) < 4.78 is 17.5. The second kappa shape index (κ2) is 4.14. The van der Waals surface area contributed by atoms with Crippen LogP contribution in [0.25, 0.3) is 0 Å². The summed E-state index contributed by atoms with van der Waals surface area (Å²) in [6, 6.07) is 7.36. The second-order valence-electron chi connectivity index (χ2n) is 3.29. The molecule has 0 bridgehead atoms. The fourth-order valence-corrected chi connectivity index (χ4v) is 1.35. The molecule has 0 amide bonds. The SMILES string of the molecule is O=C(O)c1cc(Cc2cccc(F)c2)no1. The summed E-state index contributed by atoms with van der Waals surface area (Å²) in [5.41, 5.74) is 1.17. The molecular formula is C11H8FNO3. The Morgan fingerprint density at radius 3 is 2.88 bits per heavy atom. The van der Waals surface area contributed by atoms with Gasteiger partial charge >= 0.3 is 5.97 Å². The van der Waals surface area contributed by atoms with Crippen molar-refractivity contribution in [2.75, 3.05) is 0 Å². The average molecular weight is 221 g/mol. The molecular weight excluding hydrogens is 213 g/mol. The van der Waals surface area contributed by atoms with E-state index in [1.54, 1.807) is 12.1 Å². The molecule has 0 aliphatic rings. The summed E-state index contributed by atoms with van der Waals surface area (Å²) in [6.45, 7) is 0. The molecule has 0 aliphatic heterocycles. The first-order valence-electron chi connectivity index (χ1n) is 4.58. The van der Waals surface area contributed by atoms with E-state index in [4.69, 9.17) is 5.11 Å². The van der Waals surface area contributed by atoms with Crippen LogP contribution >= 0.6 is 0 Å². The highest BCUT2D eigenvalue weighted by molar-refractivity contribution is 5.84. The molecule has 2 rings (SSSR count). The summed E-state index contributed by atoms with van der Waals surface area (Å²) in [7, 11) is 0. The quantitative estimate of drug-likeness (QED) is 0.862. The molecule has 0 unspecified atom stereocenters. The molecule has 2 aromatic rings. The summed E-state index contributed by atoms with van der Waals surface area (Å²) in [6.07, 6.45) is 0.342. The summed E-state index contributed by atoms with van der Waals surface area (Å²) in [5.74, 6) is -1.72. The van der Waals surface area contributed by atoms with Crippen molar-refractivity contribution < 1.29 is 18.8 Å². The van der Waals surface area contributed by atoms with E-state index in [0.717, 1.165) is 0 Å². The Bertz CT molecular complexity index is 521. The number of nitrogens with zero attached hydrogens (tertiary/aromatic N) is 1. The highest BCUT2D eigenvalue weighted by Gasteiger charge is 2.11. The van der Waals surface area contributed by atoms with Gasteiger partial charge in [-0.25, -0.2) is 9.18 Å². The first kappa shape index (κ1) is 10.4. The van der Waals surface area contributed by atoms with Crippen molar-refractivity contribution in [2.24, 2.45) is 0 Å². The fraction of sp³-hybridized carbons (Fsp3) is 0.0909. The Morgan fingerprint density at radius 2 is 2.25 bits per heavy atom. The molecule has 0 spiro atoms. The maximum absolute atomic E-state index is 12.9. The van der Waals surface area contributed by atoms with Gasteiger partial charge in [0, 0.05) is 12.5 Å². The number of aromatic carboxylic acids is 1. The molecule has 1 aromatic heterocycles. The van der Waals surface area contributed by atoms with Gasteiger partial charge in [-0.3, -0.25) is 0 Å². The first-order valence-corrected chi connectivity index (χ1v) is 4.58. The molecule has 16 heavy (non-hydrogen) atoms. The van der Waals surface area contributed by atoms with Crippen LogP contribution in [-0.4, -0.2) is 16.2 Å². The van der Waals surface area contributed by atoms with E-state index >= 15 is 0 Å². The topological polar surface area (TPSA) is 63.3 Å². The van der Waals surface area contributed by atoms with Crippen molar-refractivity contribution in [1.82, 2.24) is 5.16 Å². The van der Waals surface area contributed by atoms with Crippen molar-refractivity contribution in [1.29, 1.82) is 0 Å². The van der Waals surface area contributed by atoms with Crippen molar-refractivity contribution in [3.63, 3.8) is 0 Å². The Hall–Kier alpha value is -2.17. The zero-order valence-electron chi connectivity index (χ0n) is 8.18. The number of hydrogen-bond donors (Lipinski definition) is 1. The lowest BCUT2D eigenvalue weighted by Crippen LogP contribution is -1.92. The predicted molar refractivity (Wildman–Crippen MR) is 52.7 cm³/mol. The third-order valence-electron chi connectivity index (χ3n) is 2.04. The van der Waals surface area contributed by atoms with Crippen LogP contribution in [0.5, 0.6) is 0 Å². The maximum Gasteiger partial charge on any atom is 0.374 e. The number of hydrogen-bond acceptors (Lipinski definition) is 3. The van der Waals surface area contributed by atoms with E-state index in [0.29, 0.717) is 17.7 Å². The van der Waals surface area contributed by atoms with Crippen LogP contribution in [0.15, 0.2) is 34.9 Å². The molecule has 0 aliphatic carbocycles. The van der Waals surface area contributed by atoms with Crippen molar-refractivity contribution >= 4 is 5.97 Å². The van der Waals surface area contributed by atoms with Gasteiger partial charge in [0.15, 0.2) is 0 Å². The molecule has 0 atom stereocenters. The van der Waals surface area contributed by atoms with Crippen molar-refractivity contribution in [2.45, 2.75) is 6.42 Å². The van der Waals surface area contributed by atoms with E-state index < -0.39 is 5.97 Å². The zero-order valence-corrected chi connectivity index (χ0v) is 8.18. The number of carboxylic acid groups (broad SMARTS) is 1. The Balaban J connectivity index is 2.17. The van der Waals surface area contributed by atoms with Gasteiger partial charge in [-0.05, 0) is 17.7 Å². The molecule has 1 N–H and O–H groups in total. The van der Waals surface area contributed by atoms with Gasteiger partial charge in [0.2, 0.25) is 5.76 Å². The number of benzene rings is 1. The van der Waals surface area contributed by atoms with E-state index in [1.165, 1.54) is 18.2 Å². The van der Waals surface area contributed by atoms with Crippen molar-refractivity contribution in [3.05, 3.63) is 53.2 Å². The lowest BCUT2D eigenvalue weighted by molar-refractivity contribution is 0.0652. The minimum atomic E-state index is -1.17. The minimum Gasteiger partial charge on any atom is -0.475 e. The number of carboxylic acids is 1. The van der Waals surface area contributed by atoms with Gasteiger partial charge in [-0.15, -0.1) is 0 Å². The highest BCUT2D eigenvalue weighted by atomic mass is 19.1. The van der Waals surface area contributed by atoms with Crippen LogP contribution in [0, 0.1) is 5.82 Å². The van der Waals surface area contributed by atoms with Gasteiger partial charge in [-0.1, -0.05) is 17.3 Å². The van der Waals surface area contributed by atoms with Crippen LogP contribution in [0.1, 0.15) is 21.8 Å². The molecule has 0 radical (unpaired) electrons. The lowest BCUT2D eigenvalue weighted by atomic mass is 10.1. The van der Waals surface area contributed by atoms with Crippen LogP contribution in [0.4, 0.5) is 4.39 Å². The van der Waals surface area contributed by atoms with Crippen LogP contribution in [0.3, 0.4) is 0 Å². The standard InChI is InChI=1S/C11H8FNO3/c12-8-3-1-2-7(4-8)5-9-6-10(11(14)15)16-13-9/h1-4,6H,5H2,(H,14,15). The second-order valence-corrected chi connectivity index (χ2v) is 3.29. The predicted octanol–water partition coefficient (Wildman–Crippen LogP) is 2.10. The molecule has 0 saturated heterocycles. The van der Waals surface area contributed by atoms with E-state index in [2.05, 4.69) is 9.68 Å². The molecule has 1 aromatic carbocycles. The smallest absolute Gasteiger partial charge is 0.374 e. The van der Waals surface area contributed by atoms with Gasteiger partial charge < -0.3 is 9.63 Å². The number of aromatic nitrogens is 1.